The zero-order chi connectivity index (χ0) is 14.5. The number of aliphatic hydroxyl groups is 1. The topological polar surface area (TPSA) is 40.5 Å². The Bertz CT molecular complexity index is 215. The maximum absolute atomic E-state index is 11.8. The summed E-state index contributed by atoms with van der Waals surface area (Å²) in [5, 5.41) is 9.83. The molecule has 0 aromatic heterocycles. The molecular formula is C16H33NO2. The molecule has 1 unspecified atom stereocenters. The van der Waals surface area contributed by atoms with E-state index in [1.54, 1.807) is 4.90 Å². The van der Waals surface area contributed by atoms with Crippen LogP contribution in [0.1, 0.15) is 78.6 Å². The molecule has 0 aliphatic carbocycles. The molecule has 114 valence electrons. The Hall–Kier alpha value is -0.570. The van der Waals surface area contributed by atoms with Crippen LogP contribution in [0.2, 0.25) is 0 Å². The first-order chi connectivity index (χ1) is 9.17. The van der Waals surface area contributed by atoms with Crippen molar-refractivity contribution in [2.75, 3.05) is 13.1 Å². The Morgan fingerprint density at radius 2 is 1.37 bits per heavy atom. The number of carbonyl (C=O) groups excluding carboxylic acids is 1. The molecule has 0 radical (unpaired) electrons. The highest BCUT2D eigenvalue weighted by Gasteiger charge is 2.18. The number of rotatable bonds is 12. The number of hydrogen-bond acceptors (Lipinski definition) is 2. The minimum atomic E-state index is -0.792. The van der Waals surface area contributed by atoms with E-state index in [4.69, 9.17) is 0 Å². The first-order valence-electron chi connectivity index (χ1n) is 8.14. The van der Waals surface area contributed by atoms with Crippen molar-refractivity contribution in [3.8, 4) is 0 Å². The van der Waals surface area contributed by atoms with Gasteiger partial charge >= 0.3 is 0 Å². The normalized spacial score (nSPS) is 12.4. The Labute approximate surface area is 119 Å². The van der Waals surface area contributed by atoms with Gasteiger partial charge in [-0.2, -0.15) is 0 Å². The highest BCUT2D eigenvalue weighted by molar-refractivity contribution is 5.80. The van der Waals surface area contributed by atoms with Crippen molar-refractivity contribution in [1.29, 1.82) is 0 Å². The van der Waals surface area contributed by atoms with E-state index in [-0.39, 0.29) is 5.91 Å². The maximum atomic E-state index is 11.8. The predicted molar refractivity (Wildman–Crippen MR) is 81.2 cm³/mol. The van der Waals surface area contributed by atoms with Crippen LogP contribution >= 0.6 is 0 Å². The van der Waals surface area contributed by atoms with Crippen molar-refractivity contribution in [2.24, 2.45) is 0 Å². The zero-order valence-electron chi connectivity index (χ0n) is 13.2. The highest BCUT2D eigenvalue weighted by Crippen LogP contribution is 2.11. The van der Waals surface area contributed by atoms with Gasteiger partial charge in [0.1, 0.15) is 6.10 Å². The fraction of sp³-hybridized carbons (Fsp3) is 0.938. The van der Waals surface area contributed by atoms with Crippen molar-refractivity contribution in [2.45, 2.75) is 84.7 Å². The van der Waals surface area contributed by atoms with Gasteiger partial charge in [0.25, 0.3) is 5.91 Å². The molecule has 0 saturated heterocycles. The SMILES string of the molecule is CCCCCCCCCCC(O)C(=O)N(CC)CC. The van der Waals surface area contributed by atoms with E-state index in [2.05, 4.69) is 6.92 Å². The molecule has 0 aromatic rings. The van der Waals surface area contributed by atoms with Crippen LogP contribution in [0.4, 0.5) is 0 Å². The molecule has 0 spiro atoms. The minimum Gasteiger partial charge on any atom is -0.383 e. The predicted octanol–water partition coefficient (Wildman–Crippen LogP) is 3.75. The fourth-order valence-corrected chi connectivity index (χ4v) is 2.34. The summed E-state index contributed by atoms with van der Waals surface area (Å²) in [6.07, 6.45) is 9.75. The molecule has 0 aliphatic rings. The molecule has 0 heterocycles. The van der Waals surface area contributed by atoms with E-state index in [9.17, 15) is 9.90 Å². The number of amides is 1. The van der Waals surface area contributed by atoms with Crippen LogP contribution in [-0.2, 0) is 4.79 Å². The second-order valence-corrected chi connectivity index (χ2v) is 5.29. The largest absolute Gasteiger partial charge is 0.383 e. The molecule has 0 fully saturated rings. The van der Waals surface area contributed by atoms with Crippen LogP contribution in [0.5, 0.6) is 0 Å². The Morgan fingerprint density at radius 3 is 1.84 bits per heavy atom. The van der Waals surface area contributed by atoms with E-state index in [1.807, 2.05) is 13.8 Å². The standard InChI is InChI=1S/C16H33NO2/c1-4-7-8-9-10-11-12-13-14-15(18)16(19)17(5-2)6-3/h15,18H,4-14H2,1-3H3. The Morgan fingerprint density at radius 1 is 0.895 bits per heavy atom. The van der Waals surface area contributed by atoms with Gasteiger partial charge in [0.15, 0.2) is 0 Å². The molecule has 0 aromatic carbocycles. The molecule has 0 rings (SSSR count). The lowest BCUT2D eigenvalue weighted by atomic mass is 10.1. The van der Waals surface area contributed by atoms with Gasteiger partial charge in [-0.25, -0.2) is 0 Å². The van der Waals surface area contributed by atoms with Crippen LogP contribution in [0, 0.1) is 0 Å². The number of nitrogens with zero attached hydrogens (tertiary/aromatic N) is 1. The van der Waals surface area contributed by atoms with Crippen LogP contribution in [0.3, 0.4) is 0 Å². The summed E-state index contributed by atoms with van der Waals surface area (Å²) in [4.78, 5) is 13.5. The lowest BCUT2D eigenvalue weighted by Crippen LogP contribution is -2.38. The van der Waals surface area contributed by atoms with Gasteiger partial charge in [-0.1, -0.05) is 58.3 Å². The average molecular weight is 271 g/mol. The lowest BCUT2D eigenvalue weighted by molar-refractivity contribution is -0.140. The molecule has 1 atom stereocenters. The fourth-order valence-electron chi connectivity index (χ4n) is 2.34. The molecule has 3 nitrogen and oxygen atoms in total. The van der Waals surface area contributed by atoms with Gasteiger partial charge < -0.3 is 10.0 Å². The smallest absolute Gasteiger partial charge is 0.251 e. The van der Waals surface area contributed by atoms with Crippen molar-refractivity contribution in [1.82, 2.24) is 4.90 Å². The van der Waals surface area contributed by atoms with Crippen LogP contribution in [-0.4, -0.2) is 35.1 Å². The monoisotopic (exact) mass is 271 g/mol. The summed E-state index contributed by atoms with van der Waals surface area (Å²) in [6, 6.07) is 0. The maximum Gasteiger partial charge on any atom is 0.251 e. The number of unbranched alkanes of at least 4 members (excludes halogenated alkanes) is 7. The average Bonchev–Trinajstić information content (AvgIpc) is 2.42. The second-order valence-electron chi connectivity index (χ2n) is 5.29. The number of aliphatic hydroxyl groups excluding tert-OH is 1. The van der Waals surface area contributed by atoms with Crippen LogP contribution in [0.15, 0.2) is 0 Å². The summed E-state index contributed by atoms with van der Waals surface area (Å²) in [7, 11) is 0. The van der Waals surface area contributed by atoms with Crippen LogP contribution < -0.4 is 0 Å². The highest BCUT2D eigenvalue weighted by atomic mass is 16.3. The summed E-state index contributed by atoms with van der Waals surface area (Å²) < 4.78 is 0. The molecule has 1 N–H and O–H groups in total. The first-order valence-corrected chi connectivity index (χ1v) is 8.14. The van der Waals surface area contributed by atoms with Crippen LogP contribution in [0.25, 0.3) is 0 Å². The molecular weight excluding hydrogens is 238 g/mol. The van der Waals surface area contributed by atoms with Gasteiger partial charge in [0.2, 0.25) is 0 Å². The molecule has 3 heteroatoms. The summed E-state index contributed by atoms with van der Waals surface area (Å²) in [5.41, 5.74) is 0. The first kappa shape index (κ1) is 18.4. The van der Waals surface area contributed by atoms with E-state index >= 15 is 0 Å². The van der Waals surface area contributed by atoms with Crippen molar-refractivity contribution in [3.05, 3.63) is 0 Å². The Kier molecular flexibility index (Phi) is 12.1. The quantitative estimate of drug-likeness (QED) is 0.549. The third-order valence-corrected chi connectivity index (χ3v) is 3.69. The third kappa shape index (κ3) is 9.04. The zero-order valence-corrected chi connectivity index (χ0v) is 13.2. The lowest BCUT2D eigenvalue weighted by Gasteiger charge is -2.21. The molecule has 0 bridgehead atoms. The van der Waals surface area contributed by atoms with Gasteiger partial charge in [-0.15, -0.1) is 0 Å². The van der Waals surface area contributed by atoms with Gasteiger partial charge in [-0.3, -0.25) is 4.79 Å². The summed E-state index contributed by atoms with van der Waals surface area (Å²) in [5.74, 6) is -0.104. The summed E-state index contributed by atoms with van der Waals surface area (Å²) in [6.45, 7) is 7.50. The number of carbonyl (C=O) groups is 1. The van der Waals surface area contributed by atoms with E-state index in [1.165, 1.54) is 38.5 Å². The molecule has 0 aliphatic heterocycles. The molecule has 19 heavy (non-hydrogen) atoms. The van der Waals surface area contributed by atoms with Gasteiger partial charge in [0, 0.05) is 13.1 Å². The third-order valence-electron chi connectivity index (χ3n) is 3.69. The van der Waals surface area contributed by atoms with E-state index in [0.29, 0.717) is 19.5 Å². The Balaban J connectivity index is 3.52. The van der Waals surface area contributed by atoms with Gasteiger partial charge in [-0.05, 0) is 20.3 Å². The van der Waals surface area contributed by atoms with Gasteiger partial charge in [0.05, 0.1) is 0 Å². The minimum absolute atomic E-state index is 0.104. The molecule has 0 saturated carbocycles. The van der Waals surface area contributed by atoms with Crippen molar-refractivity contribution < 1.29 is 9.90 Å². The van der Waals surface area contributed by atoms with Crippen molar-refractivity contribution >= 4 is 5.91 Å². The second kappa shape index (κ2) is 12.5. The van der Waals surface area contributed by atoms with E-state index in [0.717, 1.165) is 12.8 Å². The van der Waals surface area contributed by atoms with Crippen molar-refractivity contribution in [3.63, 3.8) is 0 Å². The number of hydrogen-bond donors (Lipinski definition) is 1. The summed E-state index contributed by atoms with van der Waals surface area (Å²) >= 11 is 0. The van der Waals surface area contributed by atoms with E-state index < -0.39 is 6.10 Å². The molecule has 1 amide bonds. The number of likely N-dealkylation sites (N-methyl/N-ethyl adjacent to an activating group) is 1.